The number of carbonyl (C=O) groups is 1. The van der Waals surface area contributed by atoms with Gasteiger partial charge in [-0.05, 0) is 35.7 Å². The van der Waals surface area contributed by atoms with E-state index < -0.39 is 0 Å². The summed E-state index contributed by atoms with van der Waals surface area (Å²) in [5.74, 6) is 1.68. The van der Waals surface area contributed by atoms with Gasteiger partial charge in [0.25, 0.3) is 0 Å². The molecule has 0 bridgehead atoms. The summed E-state index contributed by atoms with van der Waals surface area (Å²) in [6.45, 7) is 0.230. The van der Waals surface area contributed by atoms with E-state index in [1.807, 2.05) is 30.3 Å². The lowest BCUT2D eigenvalue weighted by atomic mass is 10.1. The minimum absolute atomic E-state index is 0.230. The van der Waals surface area contributed by atoms with Gasteiger partial charge in [0, 0.05) is 23.3 Å². The first-order valence-electron chi connectivity index (χ1n) is 7.38. The molecule has 24 heavy (non-hydrogen) atoms. The van der Waals surface area contributed by atoms with E-state index in [1.165, 1.54) is 7.11 Å². The predicted molar refractivity (Wildman–Crippen MR) is 88.9 cm³/mol. The molecule has 6 nitrogen and oxygen atoms in total. The molecule has 0 fully saturated rings. The molecule has 2 aromatic carbocycles. The minimum atomic E-state index is -0.380. The number of hydrogen-bond acceptors (Lipinski definition) is 6. The molecule has 0 saturated heterocycles. The molecular formula is C18H14N2O4. The van der Waals surface area contributed by atoms with Crippen LogP contribution < -0.4 is 14.8 Å². The fourth-order valence-corrected chi connectivity index (χ4v) is 2.62. The number of methoxy groups -OCH3 is 1. The van der Waals surface area contributed by atoms with Gasteiger partial charge in [-0.2, -0.15) is 0 Å². The monoisotopic (exact) mass is 322 g/mol. The highest BCUT2D eigenvalue weighted by Crippen LogP contribution is 2.35. The highest BCUT2D eigenvalue weighted by Gasteiger charge is 2.14. The maximum atomic E-state index is 11.8. The zero-order valence-corrected chi connectivity index (χ0v) is 12.9. The number of hydrogen-bond donors (Lipinski definition) is 1. The zero-order valence-electron chi connectivity index (χ0n) is 12.9. The van der Waals surface area contributed by atoms with E-state index in [-0.39, 0.29) is 12.8 Å². The molecule has 1 N–H and O–H groups in total. The van der Waals surface area contributed by atoms with Crippen LogP contribution in [0.2, 0.25) is 0 Å². The molecular weight excluding hydrogens is 308 g/mol. The molecule has 0 unspecified atom stereocenters. The summed E-state index contributed by atoms with van der Waals surface area (Å²) in [5.41, 5.74) is 1.30. The van der Waals surface area contributed by atoms with Gasteiger partial charge < -0.3 is 19.5 Å². The second-order valence-electron chi connectivity index (χ2n) is 5.28. The number of anilines is 2. The molecule has 2 heterocycles. The van der Waals surface area contributed by atoms with Crippen LogP contribution in [-0.4, -0.2) is 24.9 Å². The third-order valence-corrected chi connectivity index (χ3v) is 3.82. The molecule has 0 spiro atoms. The van der Waals surface area contributed by atoms with Crippen LogP contribution in [0.1, 0.15) is 10.4 Å². The number of ether oxygens (including phenoxy) is 3. The number of pyridine rings is 1. The molecule has 3 aromatic rings. The van der Waals surface area contributed by atoms with Crippen LogP contribution in [0.3, 0.4) is 0 Å². The van der Waals surface area contributed by atoms with Gasteiger partial charge in [-0.25, -0.2) is 9.78 Å². The third kappa shape index (κ3) is 2.48. The van der Waals surface area contributed by atoms with Crippen LogP contribution in [0.25, 0.3) is 10.8 Å². The van der Waals surface area contributed by atoms with Crippen LogP contribution >= 0.6 is 0 Å². The van der Waals surface area contributed by atoms with E-state index in [0.717, 1.165) is 22.2 Å². The average molecular weight is 322 g/mol. The number of carbonyl (C=O) groups excluding carboxylic acids is 1. The number of nitrogens with one attached hydrogen (secondary N) is 1. The molecule has 0 aliphatic carbocycles. The van der Waals surface area contributed by atoms with E-state index in [0.29, 0.717) is 17.1 Å². The quantitative estimate of drug-likeness (QED) is 0.744. The molecule has 6 heteroatoms. The lowest BCUT2D eigenvalue weighted by Gasteiger charge is -2.10. The highest BCUT2D eigenvalue weighted by atomic mass is 16.7. The van der Waals surface area contributed by atoms with Crippen molar-refractivity contribution in [2.45, 2.75) is 0 Å². The second kappa shape index (κ2) is 5.73. The van der Waals surface area contributed by atoms with E-state index in [4.69, 9.17) is 14.2 Å². The van der Waals surface area contributed by atoms with Crippen molar-refractivity contribution in [2.75, 3.05) is 19.2 Å². The van der Waals surface area contributed by atoms with Crippen molar-refractivity contribution < 1.29 is 19.0 Å². The number of benzene rings is 2. The van der Waals surface area contributed by atoms with Crippen molar-refractivity contribution in [1.82, 2.24) is 4.98 Å². The van der Waals surface area contributed by atoms with Gasteiger partial charge in [0.2, 0.25) is 6.79 Å². The Morgan fingerprint density at radius 1 is 1.12 bits per heavy atom. The fourth-order valence-electron chi connectivity index (χ4n) is 2.62. The Balaban J connectivity index is 1.74. The number of rotatable bonds is 3. The Hall–Kier alpha value is -3.28. The van der Waals surface area contributed by atoms with Crippen LogP contribution in [0.4, 0.5) is 11.5 Å². The lowest BCUT2D eigenvalue weighted by Crippen LogP contribution is -2.01. The smallest absolute Gasteiger partial charge is 0.337 e. The van der Waals surface area contributed by atoms with Crippen molar-refractivity contribution in [3.05, 3.63) is 54.2 Å². The molecule has 0 amide bonds. The van der Waals surface area contributed by atoms with E-state index in [2.05, 4.69) is 10.3 Å². The van der Waals surface area contributed by atoms with Crippen molar-refractivity contribution >= 4 is 28.2 Å². The molecule has 0 atom stereocenters. The molecule has 0 saturated carbocycles. The van der Waals surface area contributed by atoms with Gasteiger partial charge in [-0.15, -0.1) is 0 Å². The Labute approximate surface area is 138 Å². The first-order chi connectivity index (χ1) is 11.7. The molecule has 1 aromatic heterocycles. The van der Waals surface area contributed by atoms with Crippen LogP contribution in [0.5, 0.6) is 11.5 Å². The van der Waals surface area contributed by atoms with Crippen molar-refractivity contribution in [3.63, 3.8) is 0 Å². The summed E-state index contributed by atoms with van der Waals surface area (Å²) in [7, 11) is 1.36. The topological polar surface area (TPSA) is 69.7 Å². The van der Waals surface area contributed by atoms with E-state index in [9.17, 15) is 4.79 Å². The van der Waals surface area contributed by atoms with Crippen LogP contribution in [-0.2, 0) is 4.74 Å². The van der Waals surface area contributed by atoms with E-state index >= 15 is 0 Å². The summed E-state index contributed by atoms with van der Waals surface area (Å²) in [5, 5.41) is 5.07. The fraction of sp³-hybridized carbons (Fsp3) is 0.111. The van der Waals surface area contributed by atoms with Gasteiger partial charge in [0.05, 0.1) is 12.7 Å². The Bertz CT molecular complexity index is 939. The summed E-state index contributed by atoms with van der Waals surface area (Å²) in [6, 6.07) is 12.8. The largest absolute Gasteiger partial charge is 0.465 e. The van der Waals surface area contributed by atoms with Gasteiger partial charge in [-0.1, -0.05) is 6.07 Å². The first-order valence-corrected chi connectivity index (χ1v) is 7.38. The number of esters is 1. The SMILES string of the molecule is COC(=O)c1ccc2ccnc(Nc3ccc4c(c3)OCO4)c2c1. The normalized spacial score (nSPS) is 12.2. The maximum Gasteiger partial charge on any atom is 0.337 e. The lowest BCUT2D eigenvalue weighted by molar-refractivity contribution is 0.0601. The maximum absolute atomic E-state index is 11.8. The Kier molecular flexibility index (Phi) is 3.42. The highest BCUT2D eigenvalue weighted by molar-refractivity contribution is 5.99. The number of fused-ring (bicyclic) bond motifs is 2. The Morgan fingerprint density at radius 3 is 2.88 bits per heavy atom. The first kappa shape index (κ1) is 14.3. The predicted octanol–water partition coefficient (Wildman–Crippen LogP) is 3.49. The number of nitrogens with zero attached hydrogens (tertiary/aromatic N) is 1. The van der Waals surface area contributed by atoms with Crippen molar-refractivity contribution in [2.24, 2.45) is 0 Å². The van der Waals surface area contributed by atoms with Gasteiger partial charge >= 0.3 is 5.97 Å². The van der Waals surface area contributed by atoms with Crippen molar-refractivity contribution in [3.8, 4) is 11.5 Å². The molecule has 0 radical (unpaired) electrons. The summed E-state index contributed by atoms with van der Waals surface area (Å²) < 4.78 is 15.5. The van der Waals surface area contributed by atoms with Crippen LogP contribution in [0, 0.1) is 0 Å². The minimum Gasteiger partial charge on any atom is -0.465 e. The summed E-state index contributed by atoms with van der Waals surface area (Å²) in [4.78, 5) is 16.1. The molecule has 1 aliphatic heterocycles. The zero-order chi connectivity index (χ0) is 16.5. The summed E-state index contributed by atoms with van der Waals surface area (Å²) in [6.07, 6.45) is 1.72. The van der Waals surface area contributed by atoms with Gasteiger partial charge in [-0.3, -0.25) is 0 Å². The standard InChI is InChI=1S/C18H14N2O4/c1-22-18(21)12-3-2-11-6-7-19-17(14(11)8-12)20-13-4-5-15-16(9-13)24-10-23-15/h2-9H,10H2,1H3,(H,19,20). The van der Waals surface area contributed by atoms with Crippen molar-refractivity contribution in [1.29, 1.82) is 0 Å². The number of aromatic nitrogens is 1. The molecule has 4 rings (SSSR count). The van der Waals surface area contributed by atoms with Gasteiger partial charge in [0.15, 0.2) is 11.5 Å². The second-order valence-corrected chi connectivity index (χ2v) is 5.28. The Morgan fingerprint density at radius 2 is 2.00 bits per heavy atom. The molecule has 120 valence electrons. The molecule has 1 aliphatic rings. The van der Waals surface area contributed by atoms with Gasteiger partial charge in [0.1, 0.15) is 5.82 Å². The van der Waals surface area contributed by atoms with E-state index in [1.54, 1.807) is 18.3 Å². The summed E-state index contributed by atoms with van der Waals surface area (Å²) >= 11 is 0. The average Bonchev–Trinajstić information content (AvgIpc) is 3.09. The third-order valence-electron chi connectivity index (χ3n) is 3.82. The van der Waals surface area contributed by atoms with Crippen LogP contribution in [0.15, 0.2) is 48.7 Å².